The maximum atomic E-state index is 5.83. The maximum absolute atomic E-state index is 5.83. The fourth-order valence-corrected chi connectivity index (χ4v) is 4.15. The largest absolute Gasteiger partial charge is 0.373 e. The number of aromatic nitrogens is 1. The van der Waals surface area contributed by atoms with E-state index in [9.17, 15) is 0 Å². The van der Waals surface area contributed by atoms with Gasteiger partial charge in [-0.3, -0.25) is 9.89 Å². The second kappa shape index (κ2) is 13.2. The van der Waals surface area contributed by atoms with E-state index >= 15 is 0 Å². The Bertz CT molecular complexity index is 821. The highest BCUT2D eigenvalue weighted by atomic mass is 127. The molecule has 1 aliphatic rings. The number of aliphatic imine (C=N–C) groups is 1. The number of halogens is 1. The zero-order chi connectivity index (χ0) is 22.2. The average Bonchev–Trinajstić information content (AvgIpc) is 3.16. The third-order valence-electron chi connectivity index (χ3n) is 5.65. The molecular formula is C24H38IN5O2. The summed E-state index contributed by atoms with van der Waals surface area (Å²) in [6.45, 7) is 12.8. The van der Waals surface area contributed by atoms with Gasteiger partial charge < -0.3 is 19.9 Å². The van der Waals surface area contributed by atoms with Crippen molar-refractivity contribution in [3.05, 3.63) is 52.4 Å². The number of rotatable bonds is 8. The molecule has 2 atom stereocenters. The van der Waals surface area contributed by atoms with E-state index in [-0.39, 0.29) is 24.0 Å². The van der Waals surface area contributed by atoms with Gasteiger partial charge in [-0.15, -0.1) is 24.0 Å². The van der Waals surface area contributed by atoms with Gasteiger partial charge in [0.2, 0.25) is 0 Å². The summed E-state index contributed by atoms with van der Waals surface area (Å²) in [6, 6.07) is 8.81. The van der Waals surface area contributed by atoms with Crippen LogP contribution in [0.15, 0.2) is 33.8 Å². The minimum Gasteiger partial charge on any atom is -0.373 e. The molecule has 2 N–H and O–H groups in total. The normalized spacial score (nSPS) is 19.5. The molecule has 1 aliphatic heterocycles. The zero-order valence-electron chi connectivity index (χ0n) is 20.0. The Morgan fingerprint density at radius 1 is 1.03 bits per heavy atom. The van der Waals surface area contributed by atoms with Crippen LogP contribution in [0.3, 0.4) is 0 Å². The van der Waals surface area contributed by atoms with Gasteiger partial charge >= 0.3 is 0 Å². The third-order valence-corrected chi connectivity index (χ3v) is 5.65. The van der Waals surface area contributed by atoms with Crippen LogP contribution in [0.4, 0.5) is 0 Å². The fourth-order valence-electron chi connectivity index (χ4n) is 4.15. The number of hydrogen-bond acceptors (Lipinski definition) is 5. The number of nitrogens with one attached hydrogen (secondary N) is 2. The van der Waals surface area contributed by atoms with Gasteiger partial charge in [-0.05, 0) is 31.4 Å². The van der Waals surface area contributed by atoms with Crippen molar-refractivity contribution >= 4 is 29.9 Å². The lowest BCUT2D eigenvalue weighted by Gasteiger charge is -2.35. The molecule has 1 aromatic heterocycles. The average molecular weight is 556 g/mol. The Kier molecular flexibility index (Phi) is 10.9. The van der Waals surface area contributed by atoms with E-state index in [0.29, 0.717) is 18.8 Å². The monoisotopic (exact) mass is 555 g/mol. The third kappa shape index (κ3) is 7.45. The molecule has 2 unspecified atom stereocenters. The molecule has 32 heavy (non-hydrogen) atoms. The van der Waals surface area contributed by atoms with Gasteiger partial charge in [-0.1, -0.05) is 43.3 Å². The number of morpholine rings is 1. The highest BCUT2D eigenvalue weighted by Crippen LogP contribution is 2.16. The summed E-state index contributed by atoms with van der Waals surface area (Å²) in [5.41, 5.74) is 4.71. The van der Waals surface area contributed by atoms with Crippen LogP contribution in [-0.4, -0.2) is 48.4 Å². The van der Waals surface area contributed by atoms with Gasteiger partial charge in [0.25, 0.3) is 0 Å². The van der Waals surface area contributed by atoms with Crippen LogP contribution < -0.4 is 10.6 Å². The van der Waals surface area contributed by atoms with Crippen LogP contribution in [0.2, 0.25) is 0 Å². The predicted octanol–water partition coefficient (Wildman–Crippen LogP) is 3.89. The minimum absolute atomic E-state index is 0. The van der Waals surface area contributed by atoms with Gasteiger partial charge in [-0.25, -0.2) is 0 Å². The molecule has 2 heterocycles. The van der Waals surface area contributed by atoms with Gasteiger partial charge in [0.15, 0.2) is 5.96 Å². The first-order valence-electron chi connectivity index (χ1n) is 11.4. The molecule has 3 rings (SSSR count). The van der Waals surface area contributed by atoms with E-state index in [0.717, 1.165) is 62.0 Å². The number of hydrogen-bond donors (Lipinski definition) is 2. The SMILES string of the molecule is CCc1noc(CC)c1CNC(=NC)NCc1ccc(CN2CC(C)OC(C)C2)cc1.I. The van der Waals surface area contributed by atoms with Crippen molar-refractivity contribution in [2.45, 2.75) is 72.4 Å². The standard InChI is InChI=1S/C24H37N5O2.HI/c1-6-22-21(23(7-2)31-28-22)13-27-24(25-5)26-12-19-8-10-20(11-9-19)16-29-14-17(3)30-18(4)15-29;/h8-11,17-18H,6-7,12-16H2,1-5H3,(H2,25,26,27);1H. The number of benzene rings is 1. The second-order valence-electron chi connectivity index (χ2n) is 8.29. The van der Waals surface area contributed by atoms with Crippen LogP contribution >= 0.6 is 24.0 Å². The van der Waals surface area contributed by atoms with Gasteiger partial charge in [0.05, 0.1) is 17.9 Å². The molecule has 0 spiro atoms. The molecule has 2 aromatic rings. The molecule has 0 saturated carbocycles. The van der Waals surface area contributed by atoms with Crippen molar-refractivity contribution in [3.63, 3.8) is 0 Å². The van der Waals surface area contributed by atoms with Crippen LogP contribution in [-0.2, 0) is 37.2 Å². The summed E-state index contributed by atoms with van der Waals surface area (Å²) in [7, 11) is 1.79. The Labute approximate surface area is 209 Å². The van der Waals surface area contributed by atoms with Crippen molar-refractivity contribution in [1.82, 2.24) is 20.7 Å². The molecule has 178 valence electrons. The molecule has 8 heteroatoms. The van der Waals surface area contributed by atoms with Crippen molar-refractivity contribution < 1.29 is 9.26 Å². The van der Waals surface area contributed by atoms with Crippen molar-refractivity contribution in [2.75, 3.05) is 20.1 Å². The molecule has 0 amide bonds. The van der Waals surface area contributed by atoms with Crippen LogP contribution in [0.5, 0.6) is 0 Å². The Hall–Kier alpha value is -1.65. The van der Waals surface area contributed by atoms with Crippen LogP contribution in [0, 0.1) is 0 Å². The molecule has 0 aliphatic carbocycles. The molecular weight excluding hydrogens is 517 g/mol. The summed E-state index contributed by atoms with van der Waals surface area (Å²) in [5.74, 6) is 1.71. The van der Waals surface area contributed by atoms with E-state index in [1.54, 1.807) is 7.05 Å². The van der Waals surface area contributed by atoms with Crippen molar-refractivity contribution in [1.29, 1.82) is 0 Å². The van der Waals surface area contributed by atoms with Gasteiger partial charge in [0, 0.05) is 51.8 Å². The van der Waals surface area contributed by atoms with Gasteiger partial charge in [0.1, 0.15) is 5.76 Å². The number of ether oxygens (including phenoxy) is 1. The van der Waals surface area contributed by atoms with E-state index in [1.165, 1.54) is 11.1 Å². The maximum Gasteiger partial charge on any atom is 0.191 e. The molecule has 1 aromatic carbocycles. The van der Waals surface area contributed by atoms with Crippen LogP contribution in [0.25, 0.3) is 0 Å². The Morgan fingerprint density at radius 3 is 2.25 bits per heavy atom. The summed E-state index contributed by atoms with van der Waals surface area (Å²) in [5, 5.41) is 11.0. The lowest BCUT2D eigenvalue weighted by Crippen LogP contribution is -2.44. The first-order chi connectivity index (χ1) is 15.0. The first kappa shape index (κ1) is 26.6. The van der Waals surface area contributed by atoms with E-state index in [1.807, 2.05) is 0 Å². The lowest BCUT2D eigenvalue weighted by molar-refractivity contribution is -0.0704. The van der Waals surface area contributed by atoms with E-state index in [4.69, 9.17) is 9.26 Å². The van der Waals surface area contributed by atoms with E-state index in [2.05, 4.69) is 77.6 Å². The summed E-state index contributed by atoms with van der Waals surface area (Å²) in [6.07, 6.45) is 2.29. The number of guanidine groups is 1. The number of nitrogens with zero attached hydrogens (tertiary/aromatic N) is 3. The highest BCUT2D eigenvalue weighted by Gasteiger charge is 2.22. The van der Waals surface area contributed by atoms with Crippen molar-refractivity contribution in [2.24, 2.45) is 4.99 Å². The zero-order valence-corrected chi connectivity index (χ0v) is 22.3. The summed E-state index contributed by atoms with van der Waals surface area (Å²) in [4.78, 5) is 6.82. The van der Waals surface area contributed by atoms with Crippen molar-refractivity contribution in [3.8, 4) is 0 Å². The molecule has 7 nitrogen and oxygen atoms in total. The minimum atomic E-state index is 0. The van der Waals surface area contributed by atoms with E-state index < -0.39 is 0 Å². The van der Waals surface area contributed by atoms with Crippen LogP contribution in [0.1, 0.15) is 55.8 Å². The number of aryl methyl sites for hydroxylation is 2. The summed E-state index contributed by atoms with van der Waals surface area (Å²) < 4.78 is 11.3. The smallest absolute Gasteiger partial charge is 0.191 e. The molecule has 0 radical (unpaired) electrons. The Morgan fingerprint density at radius 2 is 1.66 bits per heavy atom. The summed E-state index contributed by atoms with van der Waals surface area (Å²) >= 11 is 0. The second-order valence-corrected chi connectivity index (χ2v) is 8.29. The molecule has 1 fully saturated rings. The molecule has 1 saturated heterocycles. The molecule has 0 bridgehead atoms. The predicted molar refractivity (Wildman–Crippen MR) is 139 cm³/mol. The Balaban J connectivity index is 0.00000363. The first-order valence-corrected chi connectivity index (χ1v) is 11.4. The quantitative estimate of drug-likeness (QED) is 0.293. The lowest BCUT2D eigenvalue weighted by atomic mass is 10.1. The topological polar surface area (TPSA) is 74.9 Å². The highest BCUT2D eigenvalue weighted by molar-refractivity contribution is 14.0. The van der Waals surface area contributed by atoms with Gasteiger partial charge in [-0.2, -0.15) is 0 Å². The fraction of sp³-hybridized carbons (Fsp3) is 0.583.